The maximum absolute atomic E-state index is 11.1. The minimum absolute atomic E-state index is 0.0205. The van der Waals surface area contributed by atoms with Crippen LogP contribution in [0.2, 0.25) is 5.02 Å². The number of carboxylic acid groups (broad SMARTS) is 1. The summed E-state index contributed by atoms with van der Waals surface area (Å²) >= 11 is 6.40. The molecule has 1 aromatic heterocycles. The summed E-state index contributed by atoms with van der Waals surface area (Å²) in [5, 5.41) is 19.6. The van der Waals surface area contributed by atoms with Crippen LogP contribution in [0.1, 0.15) is 78.4 Å². The molecule has 0 bridgehead atoms. The lowest BCUT2D eigenvalue weighted by atomic mass is 9.77. The van der Waals surface area contributed by atoms with Crippen molar-refractivity contribution < 1.29 is 14.6 Å². The van der Waals surface area contributed by atoms with Crippen molar-refractivity contribution >= 4 is 17.6 Å². The number of benzene rings is 1. The lowest BCUT2D eigenvalue weighted by molar-refractivity contribution is 0.0678. The lowest BCUT2D eigenvalue weighted by Crippen LogP contribution is -2.24. The van der Waals surface area contributed by atoms with Crippen molar-refractivity contribution in [2.75, 3.05) is 0 Å². The Morgan fingerprint density at radius 3 is 2.58 bits per heavy atom. The number of hydrogen-bond donors (Lipinski definition) is 2. The zero-order valence-corrected chi connectivity index (χ0v) is 15.2. The fourth-order valence-corrected chi connectivity index (χ4v) is 4.23. The molecule has 6 nitrogen and oxygen atoms in total. The molecule has 138 valence electrons. The second kappa shape index (κ2) is 7.27. The quantitative estimate of drug-likeness (QED) is 0.801. The van der Waals surface area contributed by atoms with Gasteiger partial charge < -0.3 is 9.84 Å². The zero-order valence-electron chi connectivity index (χ0n) is 14.4. The highest BCUT2D eigenvalue weighted by molar-refractivity contribution is 6.31. The van der Waals surface area contributed by atoms with Gasteiger partial charge in [0.15, 0.2) is 0 Å². The first-order chi connectivity index (χ1) is 12.6. The summed E-state index contributed by atoms with van der Waals surface area (Å²) < 4.78 is 5.77. The number of carboxylic acids is 1. The summed E-state index contributed by atoms with van der Waals surface area (Å²) in [6.45, 7) is 0. The molecule has 2 aliphatic rings. The first-order valence-corrected chi connectivity index (χ1v) is 9.60. The topological polar surface area (TPSA) is 88.1 Å². The number of H-pyrrole nitrogens is 1. The lowest BCUT2D eigenvalue weighted by Gasteiger charge is -2.31. The number of carbonyl (C=O) groups is 1. The molecule has 1 aromatic carbocycles. The van der Waals surface area contributed by atoms with E-state index in [1.165, 1.54) is 30.4 Å². The van der Waals surface area contributed by atoms with Crippen molar-refractivity contribution in [3.63, 3.8) is 0 Å². The number of ether oxygens (including phenoxy) is 1. The maximum Gasteiger partial charge on any atom is 0.359 e. The van der Waals surface area contributed by atoms with Crippen LogP contribution in [0, 0.1) is 0 Å². The second-order valence-electron chi connectivity index (χ2n) is 7.30. The molecule has 2 saturated carbocycles. The molecular formula is C19H22ClN3O3. The molecule has 0 amide bonds. The highest BCUT2D eigenvalue weighted by atomic mass is 35.5. The summed E-state index contributed by atoms with van der Waals surface area (Å²) in [5.74, 6) is 0.106. The largest absolute Gasteiger partial charge is 0.476 e. The second-order valence-corrected chi connectivity index (χ2v) is 7.70. The van der Waals surface area contributed by atoms with Crippen molar-refractivity contribution in [2.24, 2.45) is 0 Å². The van der Waals surface area contributed by atoms with E-state index in [0.29, 0.717) is 11.8 Å². The van der Waals surface area contributed by atoms with Crippen LogP contribution in [0.3, 0.4) is 0 Å². The Morgan fingerprint density at radius 2 is 1.92 bits per heavy atom. The van der Waals surface area contributed by atoms with Gasteiger partial charge in [-0.1, -0.05) is 40.5 Å². The number of halogens is 1. The van der Waals surface area contributed by atoms with Gasteiger partial charge in [-0.15, -0.1) is 0 Å². The van der Waals surface area contributed by atoms with Crippen LogP contribution in [-0.4, -0.2) is 32.6 Å². The van der Waals surface area contributed by atoms with Crippen LogP contribution in [0.5, 0.6) is 5.88 Å². The monoisotopic (exact) mass is 375 g/mol. The Hall–Kier alpha value is -2.08. The predicted molar refractivity (Wildman–Crippen MR) is 97.0 cm³/mol. The molecule has 2 aromatic rings. The van der Waals surface area contributed by atoms with Gasteiger partial charge in [0, 0.05) is 5.02 Å². The number of nitrogens with zero attached hydrogens (tertiary/aromatic N) is 2. The van der Waals surface area contributed by atoms with Crippen LogP contribution in [0.4, 0.5) is 0 Å². The van der Waals surface area contributed by atoms with Crippen molar-refractivity contribution in [3.8, 4) is 5.88 Å². The summed E-state index contributed by atoms with van der Waals surface area (Å²) in [6.07, 6.45) is 7.53. The third kappa shape index (κ3) is 3.43. The molecule has 0 radical (unpaired) electrons. The van der Waals surface area contributed by atoms with Gasteiger partial charge in [0.05, 0.1) is 0 Å². The average molecular weight is 376 g/mol. The Morgan fingerprint density at radius 1 is 1.15 bits per heavy atom. The summed E-state index contributed by atoms with van der Waals surface area (Å²) in [5.41, 5.74) is 2.58. The van der Waals surface area contributed by atoms with Crippen molar-refractivity contribution in [3.05, 3.63) is 40.0 Å². The summed E-state index contributed by atoms with van der Waals surface area (Å²) in [7, 11) is 0. The molecule has 0 saturated heterocycles. The van der Waals surface area contributed by atoms with E-state index in [1.807, 2.05) is 6.07 Å². The zero-order chi connectivity index (χ0) is 18.1. The first kappa shape index (κ1) is 17.3. The molecule has 7 heteroatoms. The average Bonchev–Trinajstić information content (AvgIpc) is 3.04. The minimum Gasteiger partial charge on any atom is -0.476 e. The predicted octanol–water partition coefficient (Wildman–Crippen LogP) is 4.53. The summed E-state index contributed by atoms with van der Waals surface area (Å²) in [6, 6.07) is 6.50. The standard InChI is InChI=1S/C19H22ClN3O3/c20-16-9-6-13(10-15(16)12-2-1-3-12)11-4-7-14(8-5-11)26-18-17(19(24)25)21-23-22-18/h6,9-12,14H,1-5,7-8H2,(H,24,25)(H,21,22,23)/t11-,14-. The fraction of sp³-hybridized carbons (Fsp3) is 0.526. The molecule has 2 N–H and O–H groups in total. The molecule has 0 unspecified atom stereocenters. The van der Waals surface area contributed by atoms with Gasteiger partial charge in [-0.2, -0.15) is 0 Å². The van der Waals surface area contributed by atoms with Crippen molar-refractivity contribution in [1.29, 1.82) is 0 Å². The van der Waals surface area contributed by atoms with E-state index in [2.05, 4.69) is 27.5 Å². The van der Waals surface area contributed by atoms with E-state index in [9.17, 15) is 4.79 Å². The Kier molecular flexibility index (Phi) is 4.85. The third-order valence-corrected chi connectivity index (χ3v) is 6.06. The molecule has 4 rings (SSSR count). The first-order valence-electron chi connectivity index (χ1n) is 9.22. The Balaban J connectivity index is 1.39. The summed E-state index contributed by atoms with van der Waals surface area (Å²) in [4.78, 5) is 11.1. The number of nitrogens with one attached hydrogen (secondary N) is 1. The van der Waals surface area contributed by atoms with Crippen LogP contribution in [0.25, 0.3) is 0 Å². The van der Waals surface area contributed by atoms with E-state index >= 15 is 0 Å². The van der Waals surface area contributed by atoms with E-state index in [0.717, 1.165) is 30.7 Å². The molecule has 26 heavy (non-hydrogen) atoms. The number of aromatic amines is 1. The van der Waals surface area contributed by atoms with Gasteiger partial charge in [-0.05, 0) is 67.6 Å². The molecule has 2 aliphatic carbocycles. The minimum atomic E-state index is -1.11. The van der Waals surface area contributed by atoms with Gasteiger partial charge in [-0.25, -0.2) is 9.89 Å². The Labute approximate surface area is 156 Å². The van der Waals surface area contributed by atoms with Gasteiger partial charge in [0.1, 0.15) is 6.10 Å². The van der Waals surface area contributed by atoms with Crippen LogP contribution < -0.4 is 4.74 Å². The van der Waals surface area contributed by atoms with Crippen LogP contribution >= 0.6 is 11.6 Å². The number of aromatic carboxylic acids is 1. The van der Waals surface area contributed by atoms with Gasteiger partial charge in [0.25, 0.3) is 5.88 Å². The van der Waals surface area contributed by atoms with E-state index in [-0.39, 0.29) is 17.7 Å². The van der Waals surface area contributed by atoms with Gasteiger partial charge in [0.2, 0.25) is 5.69 Å². The SMILES string of the molecule is O=C(O)c1[nH]nnc1O[C@H]1CC[C@H](c2ccc(Cl)c(C3CCC3)c2)CC1. The van der Waals surface area contributed by atoms with Gasteiger partial charge >= 0.3 is 5.97 Å². The molecule has 0 atom stereocenters. The highest BCUT2D eigenvalue weighted by Gasteiger charge is 2.28. The van der Waals surface area contributed by atoms with E-state index in [1.54, 1.807) is 0 Å². The van der Waals surface area contributed by atoms with Crippen LogP contribution in [0.15, 0.2) is 18.2 Å². The smallest absolute Gasteiger partial charge is 0.359 e. The number of hydrogen-bond acceptors (Lipinski definition) is 4. The van der Waals surface area contributed by atoms with E-state index < -0.39 is 5.97 Å². The molecular weight excluding hydrogens is 354 g/mol. The van der Waals surface area contributed by atoms with Crippen molar-refractivity contribution in [1.82, 2.24) is 15.4 Å². The fourth-order valence-electron chi connectivity index (χ4n) is 3.96. The number of rotatable bonds is 5. The van der Waals surface area contributed by atoms with Gasteiger partial charge in [-0.3, -0.25) is 0 Å². The molecule has 0 aliphatic heterocycles. The highest BCUT2D eigenvalue weighted by Crippen LogP contribution is 2.42. The van der Waals surface area contributed by atoms with Crippen molar-refractivity contribution in [2.45, 2.75) is 62.9 Å². The molecule has 2 fully saturated rings. The molecule has 0 spiro atoms. The molecule has 1 heterocycles. The van der Waals surface area contributed by atoms with E-state index in [4.69, 9.17) is 21.4 Å². The Bertz CT molecular complexity index is 795. The number of aromatic nitrogens is 3. The maximum atomic E-state index is 11.1. The third-order valence-electron chi connectivity index (χ3n) is 5.72. The van der Waals surface area contributed by atoms with Crippen LogP contribution in [-0.2, 0) is 0 Å². The normalized spacial score (nSPS) is 23.4.